The monoisotopic (exact) mass is 282 g/mol. The predicted molar refractivity (Wildman–Crippen MR) is 68.9 cm³/mol. The van der Waals surface area contributed by atoms with Crippen LogP contribution in [0.2, 0.25) is 0 Å². The number of aromatic nitrogens is 2. The van der Waals surface area contributed by atoms with Gasteiger partial charge in [0.25, 0.3) is 0 Å². The summed E-state index contributed by atoms with van der Waals surface area (Å²) in [4.78, 5) is 28.3. The van der Waals surface area contributed by atoms with E-state index in [4.69, 9.17) is 5.11 Å². The zero-order valence-corrected chi connectivity index (χ0v) is 11.2. The molecule has 2 heterocycles. The van der Waals surface area contributed by atoms with Crippen molar-refractivity contribution in [1.82, 2.24) is 19.8 Å². The number of carbonyl (C=O) groups is 2. The summed E-state index contributed by atoms with van der Waals surface area (Å²) < 4.78 is 1.98. The minimum Gasteiger partial charge on any atom is -0.481 e. The van der Waals surface area contributed by atoms with E-state index in [1.54, 1.807) is 11.1 Å². The summed E-state index contributed by atoms with van der Waals surface area (Å²) in [5, 5.41) is 21.0. The van der Waals surface area contributed by atoms with E-state index in [9.17, 15) is 14.7 Å². The topological polar surface area (TPSA) is 108 Å². The highest BCUT2D eigenvalue weighted by Crippen LogP contribution is 2.11. The normalized spacial score (nSPS) is 17.2. The maximum absolute atomic E-state index is 12.0. The van der Waals surface area contributed by atoms with Crippen molar-refractivity contribution in [3.63, 3.8) is 0 Å². The van der Waals surface area contributed by atoms with Crippen LogP contribution in [0.5, 0.6) is 0 Å². The fourth-order valence-electron chi connectivity index (χ4n) is 2.11. The van der Waals surface area contributed by atoms with Gasteiger partial charge in [0.15, 0.2) is 0 Å². The lowest BCUT2D eigenvalue weighted by Gasteiger charge is -2.29. The van der Waals surface area contributed by atoms with Crippen molar-refractivity contribution in [2.75, 3.05) is 13.1 Å². The van der Waals surface area contributed by atoms with Gasteiger partial charge in [-0.1, -0.05) is 0 Å². The van der Waals surface area contributed by atoms with E-state index >= 15 is 0 Å². The number of imidazole rings is 1. The fourth-order valence-corrected chi connectivity index (χ4v) is 2.11. The molecule has 0 fully saturated rings. The highest BCUT2D eigenvalue weighted by atomic mass is 16.4. The minimum absolute atomic E-state index is 0.108. The Labute approximate surface area is 116 Å². The quantitative estimate of drug-likeness (QED) is 0.698. The molecule has 1 aliphatic heterocycles. The Morgan fingerprint density at radius 2 is 2.25 bits per heavy atom. The molecule has 8 nitrogen and oxygen atoms in total. The maximum Gasteiger partial charge on any atom is 0.317 e. The Morgan fingerprint density at radius 1 is 1.50 bits per heavy atom. The molecule has 8 heteroatoms. The molecule has 1 atom stereocenters. The Morgan fingerprint density at radius 3 is 2.95 bits per heavy atom. The van der Waals surface area contributed by atoms with E-state index in [1.807, 2.05) is 10.8 Å². The van der Waals surface area contributed by atoms with Crippen molar-refractivity contribution in [3.8, 4) is 0 Å². The van der Waals surface area contributed by atoms with Crippen molar-refractivity contribution < 1.29 is 19.8 Å². The van der Waals surface area contributed by atoms with Gasteiger partial charge < -0.3 is 25.0 Å². The molecule has 0 aromatic carbocycles. The van der Waals surface area contributed by atoms with E-state index in [0.29, 0.717) is 19.6 Å². The molecule has 0 saturated heterocycles. The number of aliphatic hydroxyl groups is 1. The Bertz CT molecular complexity index is 511. The van der Waals surface area contributed by atoms with Crippen LogP contribution in [-0.4, -0.2) is 55.4 Å². The molecule has 1 aromatic heterocycles. The fraction of sp³-hybridized carbons (Fsp3) is 0.583. The Hall–Kier alpha value is -2.09. The van der Waals surface area contributed by atoms with Gasteiger partial charge in [-0.2, -0.15) is 0 Å². The van der Waals surface area contributed by atoms with Gasteiger partial charge in [0.2, 0.25) is 0 Å². The summed E-state index contributed by atoms with van der Waals surface area (Å²) in [5.41, 5.74) is -1.46. The van der Waals surface area contributed by atoms with Crippen molar-refractivity contribution in [2.24, 2.45) is 0 Å². The molecule has 0 bridgehead atoms. The van der Waals surface area contributed by atoms with Crippen LogP contribution in [0.4, 0.5) is 4.79 Å². The number of carboxylic acid groups (broad SMARTS) is 1. The first-order valence-corrected chi connectivity index (χ1v) is 6.34. The molecule has 2 amide bonds. The van der Waals surface area contributed by atoms with Gasteiger partial charge in [0, 0.05) is 32.0 Å². The van der Waals surface area contributed by atoms with Crippen LogP contribution < -0.4 is 5.32 Å². The van der Waals surface area contributed by atoms with E-state index in [1.165, 1.54) is 6.92 Å². The van der Waals surface area contributed by atoms with Crippen molar-refractivity contribution in [1.29, 1.82) is 0 Å². The lowest BCUT2D eigenvalue weighted by atomic mass is 10.0. The van der Waals surface area contributed by atoms with Crippen LogP contribution in [0.15, 0.2) is 12.4 Å². The number of rotatable bonds is 4. The van der Waals surface area contributed by atoms with Gasteiger partial charge in [-0.3, -0.25) is 4.79 Å². The van der Waals surface area contributed by atoms with Crippen molar-refractivity contribution >= 4 is 12.0 Å². The number of fused-ring (bicyclic) bond motifs is 1. The van der Waals surface area contributed by atoms with E-state index in [0.717, 1.165) is 5.82 Å². The van der Waals surface area contributed by atoms with E-state index < -0.39 is 18.0 Å². The highest BCUT2D eigenvalue weighted by molar-refractivity contribution is 5.74. The smallest absolute Gasteiger partial charge is 0.317 e. The van der Waals surface area contributed by atoms with Gasteiger partial charge in [-0.15, -0.1) is 0 Å². The number of aliphatic carboxylic acids is 1. The number of urea groups is 1. The SMILES string of the molecule is CC(O)(CNC(=O)N1CCn2ccnc2C1)CC(=O)O. The highest BCUT2D eigenvalue weighted by Gasteiger charge is 2.27. The molecule has 1 aliphatic rings. The van der Waals surface area contributed by atoms with E-state index in [-0.39, 0.29) is 12.6 Å². The van der Waals surface area contributed by atoms with Crippen LogP contribution in [0.25, 0.3) is 0 Å². The summed E-state index contributed by atoms with van der Waals surface area (Å²) in [6.07, 6.45) is 3.13. The van der Waals surface area contributed by atoms with Crippen molar-refractivity contribution in [2.45, 2.75) is 32.0 Å². The minimum atomic E-state index is -1.46. The number of hydrogen-bond donors (Lipinski definition) is 3. The third kappa shape index (κ3) is 3.47. The van der Waals surface area contributed by atoms with E-state index in [2.05, 4.69) is 10.3 Å². The van der Waals surface area contributed by atoms with Crippen LogP contribution in [0.3, 0.4) is 0 Å². The summed E-state index contributed by atoms with van der Waals surface area (Å²) in [6, 6.07) is -0.329. The second-order valence-electron chi connectivity index (χ2n) is 5.18. The summed E-state index contributed by atoms with van der Waals surface area (Å²) in [6.45, 7) is 2.90. The van der Waals surface area contributed by atoms with Gasteiger partial charge in [-0.25, -0.2) is 9.78 Å². The molecule has 0 radical (unpaired) electrons. The number of carbonyl (C=O) groups excluding carboxylic acids is 1. The van der Waals surface area contributed by atoms with Crippen LogP contribution >= 0.6 is 0 Å². The third-order valence-electron chi connectivity index (χ3n) is 3.18. The molecular weight excluding hydrogens is 264 g/mol. The summed E-state index contributed by atoms with van der Waals surface area (Å²) in [7, 11) is 0. The molecule has 1 aromatic rings. The average Bonchev–Trinajstić information content (AvgIpc) is 2.81. The number of carboxylic acids is 1. The second kappa shape index (κ2) is 5.49. The molecule has 20 heavy (non-hydrogen) atoms. The zero-order valence-electron chi connectivity index (χ0n) is 11.2. The lowest BCUT2D eigenvalue weighted by molar-refractivity contribution is -0.141. The van der Waals surface area contributed by atoms with Gasteiger partial charge in [-0.05, 0) is 6.92 Å². The van der Waals surface area contributed by atoms with Crippen LogP contribution in [-0.2, 0) is 17.9 Å². The van der Waals surface area contributed by atoms with Gasteiger partial charge in [0.05, 0.1) is 18.6 Å². The van der Waals surface area contributed by atoms with Crippen LogP contribution in [0, 0.1) is 0 Å². The number of amides is 2. The van der Waals surface area contributed by atoms with Crippen LogP contribution in [0.1, 0.15) is 19.2 Å². The molecule has 0 aliphatic carbocycles. The first-order chi connectivity index (χ1) is 9.37. The first-order valence-electron chi connectivity index (χ1n) is 6.34. The predicted octanol–water partition coefficient (Wildman–Crippen LogP) is -0.366. The van der Waals surface area contributed by atoms with Gasteiger partial charge >= 0.3 is 12.0 Å². The van der Waals surface area contributed by atoms with Gasteiger partial charge in [0.1, 0.15) is 5.82 Å². The molecule has 0 saturated carbocycles. The molecule has 2 rings (SSSR count). The number of nitrogens with zero attached hydrogens (tertiary/aromatic N) is 3. The summed E-state index contributed by atoms with van der Waals surface area (Å²) >= 11 is 0. The first kappa shape index (κ1) is 14.3. The molecule has 1 unspecified atom stereocenters. The molecule has 0 spiro atoms. The Kier molecular flexibility index (Phi) is 3.93. The molecule has 3 N–H and O–H groups in total. The summed E-state index contributed by atoms with van der Waals surface area (Å²) in [5.74, 6) is -0.298. The molecule has 110 valence electrons. The lowest BCUT2D eigenvalue weighted by Crippen LogP contribution is -2.49. The van der Waals surface area contributed by atoms with Crippen molar-refractivity contribution in [3.05, 3.63) is 18.2 Å². The average molecular weight is 282 g/mol. The standard InChI is InChI=1S/C12H18N4O4/c1-12(20,6-10(17)18)8-14-11(19)16-5-4-15-3-2-13-9(15)7-16/h2-3,20H,4-8H2,1H3,(H,14,19)(H,17,18). The zero-order chi connectivity index (χ0) is 14.8. The Balaban J connectivity index is 1.86. The second-order valence-corrected chi connectivity index (χ2v) is 5.18. The number of hydrogen-bond acceptors (Lipinski definition) is 4. The molecular formula is C12H18N4O4. The third-order valence-corrected chi connectivity index (χ3v) is 3.18. The largest absolute Gasteiger partial charge is 0.481 e. The maximum atomic E-state index is 12.0. The number of nitrogens with one attached hydrogen (secondary N) is 1.